The number of ether oxygens (including phenoxy) is 2. The molecule has 0 amide bonds. The fourth-order valence-corrected chi connectivity index (χ4v) is 11.2. The summed E-state index contributed by atoms with van der Waals surface area (Å²) in [5.41, 5.74) is 0.220. The maximum absolute atomic E-state index is 12.5. The minimum atomic E-state index is -1.26. The van der Waals surface area contributed by atoms with Gasteiger partial charge in [-0.3, -0.25) is 4.84 Å². The molecule has 5 saturated carbocycles. The van der Waals surface area contributed by atoms with Gasteiger partial charge in [0.1, 0.15) is 24.9 Å². The third kappa shape index (κ3) is 4.47. The zero-order valence-corrected chi connectivity index (χ0v) is 25.3. The Morgan fingerprint density at radius 3 is 2.45 bits per heavy atom. The van der Waals surface area contributed by atoms with Crippen LogP contribution in [0.15, 0.2) is 11.6 Å². The molecular weight excluding hydrogens is 538 g/mol. The number of hydrogen-bond donors (Lipinski definition) is 4. The quantitative estimate of drug-likeness (QED) is 0.282. The molecule has 4 N–H and O–H groups in total. The SMILES string of the molecule is C[C@]12CC[C@H](N(OC3CCCC3)[C@H]3OC[C@H](O)[C@@H](O)[C@@H]3O)C[C@H]1CC[C@@H]1[C@@H]2CC[C@]2(C)[C@@H](C3=CC(=O)OC3)CC[C@]12O. The van der Waals surface area contributed by atoms with E-state index < -0.39 is 30.1 Å². The average molecular weight is 590 g/mol. The molecule has 7 rings (SSSR count). The number of fused-ring (bicyclic) bond motifs is 5. The maximum Gasteiger partial charge on any atom is 0.331 e. The normalized spacial score (nSPS) is 51.2. The molecule has 0 aromatic heterocycles. The van der Waals surface area contributed by atoms with Crippen molar-refractivity contribution in [3.63, 3.8) is 0 Å². The van der Waals surface area contributed by atoms with Crippen LogP contribution in [0.4, 0.5) is 0 Å². The molecule has 0 radical (unpaired) electrons. The molecule has 12 atom stereocenters. The van der Waals surface area contributed by atoms with Crippen molar-refractivity contribution in [3.8, 4) is 0 Å². The number of carbonyl (C=O) groups excluding carboxylic acids is 1. The van der Waals surface area contributed by atoms with E-state index in [2.05, 4.69) is 13.8 Å². The number of nitrogens with zero attached hydrogens (tertiary/aromatic N) is 1. The van der Waals surface area contributed by atoms with Gasteiger partial charge in [-0.1, -0.05) is 26.7 Å². The first-order chi connectivity index (χ1) is 20.0. The highest BCUT2D eigenvalue weighted by Crippen LogP contribution is 2.70. The van der Waals surface area contributed by atoms with E-state index >= 15 is 0 Å². The number of aliphatic hydroxyl groups is 4. The van der Waals surface area contributed by atoms with Gasteiger partial charge in [-0.25, -0.2) is 4.79 Å². The maximum atomic E-state index is 12.5. The monoisotopic (exact) mass is 589 g/mol. The fraction of sp³-hybridized carbons (Fsp3) is 0.909. The van der Waals surface area contributed by atoms with E-state index in [-0.39, 0.29) is 47.4 Å². The van der Waals surface area contributed by atoms with Crippen LogP contribution >= 0.6 is 0 Å². The summed E-state index contributed by atoms with van der Waals surface area (Å²) in [7, 11) is 0. The van der Waals surface area contributed by atoms with Gasteiger partial charge in [0.05, 0.1) is 18.3 Å². The van der Waals surface area contributed by atoms with Gasteiger partial charge in [-0.15, -0.1) is 0 Å². The molecule has 7 aliphatic rings. The fourth-order valence-electron chi connectivity index (χ4n) is 11.2. The molecule has 0 aromatic rings. The lowest BCUT2D eigenvalue weighted by atomic mass is 9.43. The summed E-state index contributed by atoms with van der Waals surface area (Å²) in [6, 6.07) is 0.0574. The summed E-state index contributed by atoms with van der Waals surface area (Å²) in [5.74, 6) is 1.13. The van der Waals surface area contributed by atoms with Crippen molar-refractivity contribution in [1.82, 2.24) is 5.06 Å². The minimum Gasteiger partial charge on any atom is -0.458 e. The average Bonchev–Trinajstić information content (AvgIpc) is 3.70. The van der Waals surface area contributed by atoms with Crippen molar-refractivity contribution in [2.75, 3.05) is 13.2 Å². The number of rotatable bonds is 5. The van der Waals surface area contributed by atoms with Crippen molar-refractivity contribution in [1.29, 1.82) is 0 Å². The van der Waals surface area contributed by atoms with Crippen LogP contribution in [0.2, 0.25) is 0 Å². The third-order valence-corrected chi connectivity index (χ3v) is 13.6. The van der Waals surface area contributed by atoms with Crippen molar-refractivity contribution < 1.29 is 39.5 Å². The third-order valence-electron chi connectivity index (χ3n) is 13.6. The molecule has 9 nitrogen and oxygen atoms in total. The first-order valence-electron chi connectivity index (χ1n) is 16.8. The van der Waals surface area contributed by atoms with E-state index in [1.807, 2.05) is 5.06 Å². The van der Waals surface area contributed by atoms with Gasteiger partial charge >= 0.3 is 5.97 Å². The Labute approximate surface area is 249 Å². The Morgan fingerprint density at radius 2 is 1.71 bits per heavy atom. The standard InChI is InChI=1S/C33H51NO8/c1-31-12-9-21(34(42-22-5-3-4-6-22)30-29(38)28(37)26(35)18-41-30)16-20(31)7-8-25-24(31)10-13-32(2)23(11-14-33(25,32)39)19-15-27(36)40-17-19/h15,20-26,28-30,35,37-39H,3-14,16-18H2,1-2H3/t20-,21+,23-,24+,25-,26+,28-,29+,30+,31+,32-,33+/m1/s1. The molecule has 0 aromatic carbocycles. The van der Waals surface area contributed by atoms with Crippen molar-refractivity contribution in [3.05, 3.63) is 11.6 Å². The number of hydroxylamine groups is 2. The van der Waals surface area contributed by atoms with E-state index in [0.29, 0.717) is 18.4 Å². The van der Waals surface area contributed by atoms with Gasteiger partial charge < -0.3 is 29.9 Å². The Hall–Kier alpha value is -1.07. The Kier molecular flexibility index (Phi) is 7.60. The second kappa shape index (κ2) is 10.8. The highest BCUT2D eigenvalue weighted by molar-refractivity contribution is 5.85. The summed E-state index contributed by atoms with van der Waals surface area (Å²) in [5, 5.41) is 46.0. The molecule has 42 heavy (non-hydrogen) atoms. The lowest BCUT2D eigenvalue weighted by Crippen LogP contribution is -2.64. The molecule has 2 aliphatic heterocycles. The zero-order chi connectivity index (χ0) is 29.4. The number of carbonyl (C=O) groups is 1. The largest absolute Gasteiger partial charge is 0.458 e. The molecule has 0 spiro atoms. The molecule has 9 heteroatoms. The molecule has 0 bridgehead atoms. The van der Waals surface area contributed by atoms with Crippen molar-refractivity contribution in [2.45, 2.75) is 140 Å². The van der Waals surface area contributed by atoms with Gasteiger partial charge in [0, 0.05) is 17.5 Å². The van der Waals surface area contributed by atoms with Crippen LogP contribution in [-0.2, 0) is 19.1 Å². The minimum absolute atomic E-state index is 0.0272. The van der Waals surface area contributed by atoms with Crippen LogP contribution in [0.1, 0.15) is 97.3 Å². The summed E-state index contributed by atoms with van der Waals surface area (Å²) in [6.45, 7) is 5.08. The molecule has 236 valence electrons. The van der Waals surface area contributed by atoms with Crippen LogP contribution in [0.3, 0.4) is 0 Å². The molecule has 2 heterocycles. The molecule has 0 unspecified atom stereocenters. The topological polar surface area (TPSA) is 129 Å². The summed E-state index contributed by atoms with van der Waals surface area (Å²) < 4.78 is 11.2. The molecule has 6 fully saturated rings. The van der Waals surface area contributed by atoms with Gasteiger partial charge in [0.15, 0.2) is 6.23 Å². The summed E-state index contributed by atoms with van der Waals surface area (Å²) >= 11 is 0. The van der Waals surface area contributed by atoms with Gasteiger partial charge in [-0.05, 0) is 105 Å². The van der Waals surface area contributed by atoms with E-state index in [0.717, 1.165) is 89.0 Å². The molecular formula is C33H51NO8. The number of cyclic esters (lactones) is 1. The van der Waals surface area contributed by atoms with Gasteiger partial charge in [0.2, 0.25) is 0 Å². The summed E-state index contributed by atoms with van der Waals surface area (Å²) in [4.78, 5) is 18.5. The Bertz CT molecular complexity index is 1080. The predicted molar refractivity (Wildman–Crippen MR) is 152 cm³/mol. The van der Waals surface area contributed by atoms with Crippen molar-refractivity contribution >= 4 is 5.97 Å². The highest BCUT2D eigenvalue weighted by Gasteiger charge is 2.68. The van der Waals surface area contributed by atoms with Gasteiger partial charge in [-0.2, -0.15) is 5.06 Å². The Balaban J connectivity index is 1.10. The molecule has 1 saturated heterocycles. The van der Waals surface area contributed by atoms with Crippen LogP contribution in [0.25, 0.3) is 0 Å². The first kappa shape index (κ1) is 29.6. The van der Waals surface area contributed by atoms with Gasteiger partial charge in [0.25, 0.3) is 0 Å². The van der Waals surface area contributed by atoms with E-state index in [1.54, 1.807) is 6.08 Å². The highest BCUT2D eigenvalue weighted by atomic mass is 16.7. The smallest absolute Gasteiger partial charge is 0.331 e. The molecule has 5 aliphatic carbocycles. The number of aliphatic hydroxyl groups excluding tert-OH is 3. The first-order valence-corrected chi connectivity index (χ1v) is 16.8. The second-order valence-electron chi connectivity index (χ2n) is 15.4. The second-order valence-corrected chi connectivity index (χ2v) is 15.4. The van der Waals surface area contributed by atoms with E-state index in [4.69, 9.17) is 14.3 Å². The summed E-state index contributed by atoms with van der Waals surface area (Å²) in [6.07, 6.45) is 10.3. The van der Waals surface area contributed by atoms with Crippen LogP contribution < -0.4 is 0 Å². The lowest BCUT2D eigenvalue weighted by molar-refractivity contribution is -0.348. The lowest BCUT2D eigenvalue weighted by Gasteiger charge is -2.64. The number of esters is 1. The van der Waals surface area contributed by atoms with Crippen LogP contribution in [-0.4, -0.2) is 87.0 Å². The van der Waals surface area contributed by atoms with E-state index in [1.165, 1.54) is 0 Å². The number of hydrogen-bond acceptors (Lipinski definition) is 9. The van der Waals surface area contributed by atoms with E-state index in [9.17, 15) is 25.2 Å². The zero-order valence-electron chi connectivity index (χ0n) is 25.3. The van der Waals surface area contributed by atoms with Crippen molar-refractivity contribution in [2.24, 2.45) is 34.5 Å². The van der Waals surface area contributed by atoms with Crippen LogP contribution in [0.5, 0.6) is 0 Å². The predicted octanol–water partition coefficient (Wildman–Crippen LogP) is 3.23. The Morgan fingerprint density at radius 1 is 0.929 bits per heavy atom. The van der Waals surface area contributed by atoms with Crippen LogP contribution in [0, 0.1) is 34.5 Å².